The van der Waals surface area contributed by atoms with E-state index >= 15 is 0 Å². The van der Waals surface area contributed by atoms with Crippen molar-refractivity contribution >= 4 is 5.91 Å². The van der Waals surface area contributed by atoms with Gasteiger partial charge in [0, 0.05) is 25.0 Å². The number of piperidine rings is 1. The predicted molar refractivity (Wildman–Crippen MR) is 98.1 cm³/mol. The van der Waals surface area contributed by atoms with Gasteiger partial charge < -0.3 is 15.3 Å². The molecule has 3 fully saturated rings. The van der Waals surface area contributed by atoms with Crippen LogP contribution >= 0.6 is 0 Å². The molecule has 25 heavy (non-hydrogen) atoms. The van der Waals surface area contributed by atoms with Crippen LogP contribution in [0.1, 0.15) is 43.2 Å². The Morgan fingerprint density at radius 3 is 2.28 bits per heavy atom. The molecule has 1 heterocycles. The van der Waals surface area contributed by atoms with E-state index in [1.165, 1.54) is 6.42 Å². The van der Waals surface area contributed by atoms with E-state index in [4.69, 9.17) is 0 Å². The molecule has 2 aliphatic carbocycles. The standard InChI is InChI=1S/C21H30N2O2/c1-14-8-10-16(11-9-14)21(25,15-6-4-3-5-7-15)20(24)23-12-17-18(13-23)19(17)22-2/h8-11,15,17-19,22,25H,3-7,12-13H2,1-2H3. The molecule has 136 valence electrons. The highest BCUT2D eigenvalue weighted by molar-refractivity contribution is 5.87. The Morgan fingerprint density at radius 1 is 1.12 bits per heavy atom. The van der Waals surface area contributed by atoms with Crippen LogP contribution in [0, 0.1) is 24.7 Å². The van der Waals surface area contributed by atoms with Crippen LogP contribution in [0.15, 0.2) is 24.3 Å². The van der Waals surface area contributed by atoms with Crippen molar-refractivity contribution in [2.45, 2.75) is 50.7 Å². The van der Waals surface area contributed by atoms with Gasteiger partial charge in [0.2, 0.25) is 0 Å². The maximum Gasteiger partial charge on any atom is 0.259 e. The first-order chi connectivity index (χ1) is 12.1. The van der Waals surface area contributed by atoms with Crippen molar-refractivity contribution < 1.29 is 9.90 Å². The average Bonchev–Trinajstić information content (AvgIpc) is 3.12. The number of hydrogen-bond donors (Lipinski definition) is 2. The van der Waals surface area contributed by atoms with Crippen molar-refractivity contribution in [3.05, 3.63) is 35.4 Å². The lowest BCUT2D eigenvalue weighted by Gasteiger charge is -2.40. The summed E-state index contributed by atoms with van der Waals surface area (Å²) in [6.45, 7) is 3.61. The third-order valence-corrected chi connectivity index (χ3v) is 6.83. The van der Waals surface area contributed by atoms with Crippen LogP contribution in [0.5, 0.6) is 0 Å². The number of hydrogen-bond acceptors (Lipinski definition) is 3. The van der Waals surface area contributed by atoms with Crippen LogP contribution in [-0.4, -0.2) is 42.1 Å². The summed E-state index contributed by atoms with van der Waals surface area (Å²) < 4.78 is 0. The minimum absolute atomic E-state index is 0.0356. The number of benzene rings is 1. The highest BCUT2D eigenvalue weighted by atomic mass is 16.3. The number of aliphatic hydroxyl groups is 1. The molecule has 3 unspecified atom stereocenters. The zero-order valence-electron chi connectivity index (χ0n) is 15.4. The molecule has 3 aliphatic rings. The SMILES string of the molecule is CNC1C2CN(C(=O)C(O)(c3ccc(C)cc3)C3CCCCC3)CC21. The molecule has 1 amide bonds. The summed E-state index contributed by atoms with van der Waals surface area (Å²) in [6, 6.07) is 8.49. The van der Waals surface area contributed by atoms with Gasteiger partial charge in [0.25, 0.3) is 5.91 Å². The second-order valence-corrected chi connectivity index (χ2v) is 8.32. The smallest absolute Gasteiger partial charge is 0.259 e. The lowest BCUT2D eigenvalue weighted by molar-refractivity contribution is -0.160. The fourth-order valence-electron chi connectivity index (χ4n) is 5.22. The first-order valence-electron chi connectivity index (χ1n) is 9.82. The van der Waals surface area contributed by atoms with Gasteiger partial charge in [-0.2, -0.15) is 0 Å². The molecule has 3 atom stereocenters. The van der Waals surface area contributed by atoms with Crippen LogP contribution in [0.2, 0.25) is 0 Å². The van der Waals surface area contributed by atoms with E-state index < -0.39 is 5.60 Å². The number of amides is 1. The number of rotatable bonds is 4. The minimum Gasteiger partial charge on any atom is -0.375 e. The van der Waals surface area contributed by atoms with Gasteiger partial charge in [0.05, 0.1) is 0 Å². The Kier molecular flexibility index (Phi) is 4.37. The number of carbonyl (C=O) groups excluding carboxylic acids is 1. The van der Waals surface area contributed by atoms with Crippen molar-refractivity contribution in [2.75, 3.05) is 20.1 Å². The van der Waals surface area contributed by atoms with Crippen molar-refractivity contribution in [3.63, 3.8) is 0 Å². The minimum atomic E-state index is -1.36. The third kappa shape index (κ3) is 2.80. The second-order valence-electron chi connectivity index (χ2n) is 8.32. The summed E-state index contributed by atoms with van der Waals surface area (Å²) in [5.41, 5.74) is 0.572. The summed E-state index contributed by atoms with van der Waals surface area (Å²) in [5.74, 6) is 1.11. The second kappa shape index (κ2) is 6.40. The summed E-state index contributed by atoms with van der Waals surface area (Å²) in [6.07, 6.45) is 5.32. The Morgan fingerprint density at radius 2 is 1.72 bits per heavy atom. The number of aryl methyl sites for hydroxylation is 1. The predicted octanol–water partition coefficient (Wildman–Crippen LogP) is 2.44. The van der Waals surface area contributed by atoms with E-state index in [1.54, 1.807) is 0 Å². The third-order valence-electron chi connectivity index (χ3n) is 6.83. The average molecular weight is 342 g/mol. The number of nitrogens with one attached hydrogen (secondary N) is 1. The quantitative estimate of drug-likeness (QED) is 0.884. The molecule has 0 bridgehead atoms. The van der Waals surface area contributed by atoms with Gasteiger partial charge in [0.1, 0.15) is 0 Å². The first kappa shape index (κ1) is 17.0. The van der Waals surface area contributed by atoms with Crippen LogP contribution < -0.4 is 5.32 Å². The molecule has 4 nitrogen and oxygen atoms in total. The van der Waals surface area contributed by atoms with Gasteiger partial charge in [-0.25, -0.2) is 0 Å². The highest BCUT2D eigenvalue weighted by Gasteiger charge is 2.58. The molecule has 2 N–H and O–H groups in total. The topological polar surface area (TPSA) is 52.6 Å². The van der Waals surface area contributed by atoms with Gasteiger partial charge in [-0.05, 0) is 44.2 Å². The van der Waals surface area contributed by atoms with E-state index in [-0.39, 0.29) is 11.8 Å². The fraction of sp³-hybridized carbons (Fsp3) is 0.667. The van der Waals surface area contributed by atoms with Crippen molar-refractivity contribution in [2.24, 2.45) is 17.8 Å². The number of nitrogens with zero attached hydrogens (tertiary/aromatic N) is 1. The maximum atomic E-state index is 13.5. The van der Waals surface area contributed by atoms with E-state index in [1.807, 2.05) is 43.1 Å². The summed E-state index contributed by atoms with van der Waals surface area (Å²) in [7, 11) is 2.00. The van der Waals surface area contributed by atoms with E-state index in [0.717, 1.165) is 49.9 Å². The number of likely N-dealkylation sites (tertiary alicyclic amines) is 1. The van der Waals surface area contributed by atoms with E-state index in [0.29, 0.717) is 17.9 Å². The van der Waals surface area contributed by atoms with Gasteiger partial charge in [-0.15, -0.1) is 0 Å². The zero-order valence-corrected chi connectivity index (χ0v) is 15.4. The van der Waals surface area contributed by atoms with Crippen LogP contribution in [0.3, 0.4) is 0 Å². The molecule has 4 rings (SSSR count). The number of fused-ring (bicyclic) bond motifs is 1. The summed E-state index contributed by atoms with van der Waals surface area (Å²) in [4.78, 5) is 15.4. The largest absolute Gasteiger partial charge is 0.375 e. The van der Waals surface area contributed by atoms with E-state index in [2.05, 4.69) is 5.32 Å². The lowest BCUT2D eigenvalue weighted by atomic mass is 9.72. The molecule has 2 saturated carbocycles. The zero-order chi connectivity index (χ0) is 17.6. The van der Waals surface area contributed by atoms with E-state index in [9.17, 15) is 9.90 Å². The normalized spacial score (nSPS) is 31.5. The molecule has 0 spiro atoms. The Labute approximate surface area is 150 Å². The maximum absolute atomic E-state index is 13.5. The fourth-order valence-corrected chi connectivity index (χ4v) is 5.22. The van der Waals surface area contributed by atoms with Crippen LogP contribution in [0.4, 0.5) is 0 Å². The molecule has 1 aromatic carbocycles. The van der Waals surface area contributed by atoms with Gasteiger partial charge >= 0.3 is 0 Å². The highest BCUT2D eigenvalue weighted by Crippen LogP contribution is 2.48. The summed E-state index contributed by atoms with van der Waals surface area (Å²) in [5, 5.41) is 15.1. The van der Waals surface area contributed by atoms with Gasteiger partial charge in [-0.1, -0.05) is 49.1 Å². The van der Waals surface area contributed by atoms with Crippen molar-refractivity contribution in [1.29, 1.82) is 0 Å². The molecule has 1 aromatic rings. The Balaban J connectivity index is 1.61. The van der Waals surface area contributed by atoms with Crippen molar-refractivity contribution in [3.8, 4) is 0 Å². The molecule has 0 aromatic heterocycles. The summed E-state index contributed by atoms with van der Waals surface area (Å²) >= 11 is 0. The Hall–Kier alpha value is -1.39. The molecule has 1 saturated heterocycles. The van der Waals surface area contributed by atoms with Gasteiger partial charge in [-0.3, -0.25) is 4.79 Å². The van der Waals surface area contributed by atoms with Crippen LogP contribution in [-0.2, 0) is 10.4 Å². The lowest BCUT2D eigenvalue weighted by Crippen LogP contribution is -2.52. The molecule has 4 heteroatoms. The van der Waals surface area contributed by atoms with Gasteiger partial charge in [0.15, 0.2) is 5.60 Å². The molecular weight excluding hydrogens is 312 g/mol. The van der Waals surface area contributed by atoms with Crippen molar-refractivity contribution in [1.82, 2.24) is 10.2 Å². The molecule has 0 radical (unpaired) electrons. The number of carbonyl (C=O) groups is 1. The molecular formula is C21H30N2O2. The van der Waals surface area contributed by atoms with Crippen LogP contribution in [0.25, 0.3) is 0 Å². The monoisotopic (exact) mass is 342 g/mol. The first-order valence-corrected chi connectivity index (χ1v) is 9.82. The molecule has 1 aliphatic heterocycles. The Bertz CT molecular complexity index is 626.